The highest BCUT2D eigenvalue weighted by Crippen LogP contribution is 2.35. The van der Waals surface area contributed by atoms with E-state index in [0.29, 0.717) is 29.7 Å². The number of nitrogens with one attached hydrogen (secondary N) is 1. The number of rotatable bonds is 3. The van der Waals surface area contributed by atoms with Crippen molar-refractivity contribution in [2.75, 3.05) is 7.11 Å². The largest absolute Gasteiger partial charge is 0.543 e. The maximum absolute atomic E-state index is 12.4. The lowest BCUT2D eigenvalue weighted by atomic mass is 9.81. The highest BCUT2D eigenvalue weighted by atomic mass is 16.5. The molecule has 22 heavy (non-hydrogen) atoms. The highest BCUT2D eigenvalue weighted by molar-refractivity contribution is 6.03. The van der Waals surface area contributed by atoms with Crippen molar-refractivity contribution in [2.45, 2.75) is 25.7 Å². The van der Waals surface area contributed by atoms with Gasteiger partial charge in [-0.15, -0.1) is 0 Å². The van der Waals surface area contributed by atoms with Gasteiger partial charge in [-0.05, 0) is 42.5 Å². The molecule has 1 heterocycles. The number of methoxy groups -OCH3 is 1. The molecule has 1 aliphatic carbocycles. The number of ketones is 1. The third kappa shape index (κ3) is 2.28. The third-order valence-electron chi connectivity index (χ3n) is 4.28. The lowest BCUT2D eigenvalue weighted by Crippen LogP contribution is -2.23. The summed E-state index contributed by atoms with van der Waals surface area (Å²) in [6, 6.07) is 7.61. The Morgan fingerprint density at radius 3 is 2.55 bits per heavy atom. The molecule has 1 aliphatic rings. The van der Waals surface area contributed by atoms with E-state index in [1.54, 1.807) is 14.0 Å². The molecule has 0 radical (unpaired) electrons. The number of aromatic carboxylic acids is 1. The van der Waals surface area contributed by atoms with Gasteiger partial charge in [0.1, 0.15) is 5.75 Å². The number of aromatic amines is 1. The highest BCUT2D eigenvalue weighted by Gasteiger charge is 2.30. The molecule has 2 aromatic rings. The van der Waals surface area contributed by atoms with Crippen LogP contribution in [0.5, 0.6) is 5.75 Å². The van der Waals surface area contributed by atoms with Crippen LogP contribution in [-0.2, 0) is 6.42 Å². The fourth-order valence-corrected chi connectivity index (χ4v) is 3.15. The van der Waals surface area contributed by atoms with Crippen LogP contribution in [0.3, 0.4) is 0 Å². The minimum atomic E-state index is -1.28. The number of Topliss-reactive ketones (excluding diaryl/α,β-unsaturated/α-hetero) is 1. The fourth-order valence-electron chi connectivity index (χ4n) is 3.15. The van der Waals surface area contributed by atoms with Crippen molar-refractivity contribution in [3.8, 4) is 5.75 Å². The van der Waals surface area contributed by atoms with Crippen LogP contribution in [0.1, 0.15) is 50.0 Å². The summed E-state index contributed by atoms with van der Waals surface area (Å²) in [5.74, 6) is -0.496. The number of benzene rings is 1. The van der Waals surface area contributed by atoms with Crippen LogP contribution >= 0.6 is 0 Å². The van der Waals surface area contributed by atoms with E-state index >= 15 is 0 Å². The summed E-state index contributed by atoms with van der Waals surface area (Å²) in [7, 11) is 1.61. The molecule has 0 bridgehead atoms. The molecular weight excluding hydrogens is 282 g/mol. The Morgan fingerprint density at radius 2 is 1.95 bits per heavy atom. The van der Waals surface area contributed by atoms with Crippen LogP contribution in [-0.4, -0.2) is 23.8 Å². The third-order valence-corrected chi connectivity index (χ3v) is 4.28. The van der Waals surface area contributed by atoms with Crippen LogP contribution < -0.4 is 9.84 Å². The lowest BCUT2D eigenvalue weighted by Gasteiger charge is -2.22. The zero-order valence-electron chi connectivity index (χ0n) is 12.4. The average molecular weight is 298 g/mol. The first-order valence-electron chi connectivity index (χ1n) is 7.11. The van der Waals surface area contributed by atoms with Gasteiger partial charge in [-0.3, -0.25) is 4.79 Å². The number of ether oxygens (including phenoxy) is 1. The van der Waals surface area contributed by atoms with E-state index in [4.69, 9.17) is 4.74 Å². The van der Waals surface area contributed by atoms with Crippen molar-refractivity contribution in [3.63, 3.8) is 0 Å². The second-order valence-corrected chi connectivity index (χ2v) is 5.57. The van der Waals surface area contributed by atoms with Gasteiger partial charge in [-0.2, -0.15) is 0 Å². The van der Waals surface area contributed by atoms with Crippen LogP contribution in [0.15, 0.2) is 24.3 Å². The molecule has 0 saturated heterocycles. The van der Waals surface area contributed by atoms with Gasteiger partial charge in [0.15, 0.2) is 5.78 Å². The van der Waals surface area contributed by atoms with E-state index in [2.05, 4.69) is 4.98 Å². The normalized spacial score (nSPS) is 17.2. The molecule has 1 N–H and O–H groups in total. The van der Waals surface area contributed by atoms with Crippen molar-refractivity contribution >= 4 is 11.8 Å². The van der Waals surface area contributed by atoms with Crippen LogP contribution in [0.25, 0.3) is 0 Å². The first kappa shape index (κ1) is 14.4. The Kier molecular flexibility index (Phi) is 3.48. The Labute approximate surface area is 127 Å². The Balaban J connectivity index is 1.95. The summed E-state index contributed by atoms with van der Waals surface area (Å²) in [5, 5.41) is 11.1. The predicted molar refractivity (Wildman–Crippen MR) is 78.2 cm³/mol. The van der Waals surface area contributed by atoms with Crippen LogP contribution in [0.4, 0.5) is 0 Å². The standard InChI is InChI=1S/C17H17NO4/c1-9-15-13(18-16(9)17(20)21)7-11(8-14(15)19)10-3-5-12(22-2)6-4-10/h3-6,11,18H,7-8H2,1-2H3,(H,20,21)/p-1/t11-/m0/s1. The second kappa shape index (κ2) is 5.33. The number of carboxylic acids is 1. The zero-order valence-corrected chi connectivity index (χ0v) is 12.4. The van der Waals surface area contributed by atoms with Crippen LogP contribution in [0, 0.1) is 6.92 Å². The van der Waals surface area contributed by atoms with E-state index in [9.17, 15) is 14.7 Å². The molecule has 1 aromatic carbocycles. The average Bonchev–Trinajstić information content (AvgIpc) is 2.85. The summed E-state index contributed by atoms with van der Waals surface area (Å²) in [6.45, 7) is 1.64. The van der Waals surface area contributed by atoms with Gasteiger partial charge in [0.25, 0.3) is 0 Å². The number of carbonyl (C=O) groups excluding carboxylic acids is 2. The van der Waals surface area contributed by atoms with Gasteiger partial charge in [-0.1, -0.05) is 12.1 Å². The van der Waals surface area contributed by atoms with Gasteiger partial charge in [0, 0.05) is 17.7 Å². The molecule has 0 amide bonds. The number of aromatic nitrogens is 1. The summed E-state index contributed by atoms with van der Waals surface area (Å²) < 4.78 is 5.13. The molecule has 1 atom stereocenters. The maximum Gasteiger partial charge on any atom is 0.165 e. The molecule has 0 saturated carbocycles. The zero-order chi connectivity index (χ0) is 15.9. The fraction of sp³-hybridized carbons (Fsp3) is 0.294. The first-order chi connectivity index (χ1) is 10.5. The van der Waals surface area contributed by atoms with Gasteiger partial charge in [-0.25, -0.2) is 0 Å². The van der Waals surface area contributed by atoms with Crippen molar-refractivity contribution < 1.29 is 19.4 Å². The summed E-state index contributed by atoms with van der Waals surface area (Å²) in [4.78, 5) is 26.3. The maximum atomic E-state index is 12.4. The first-order valence-corrected chi connectivity index (χ1v) is 7.11. The number of carbonyl (C=O) groups is 2. The molecule has 0 spiro atoms. The number of H-pyrrole nitrogens is 1. The smallest absolute Gasteiger partial charge is 0.165 e. The van der Waals surface area contributed by atoms with Gasteiger partial charge >= 0.3 is 0 Å². The van der Waals surface area contributed by atoms with E-state index in [-0.39, 0.29) is 17.4 Å². The van der Waals surface area contributed by atoms with Gasteiger partial charge < -0.3 is 19.6 Å². The molecule has 0 aliphatic heterocycles. The molecule has 114 valence electrons. The summed E-state index contributed by atoms with van der Waals surface area (Å²) in [5.41, 5.74) is 2.74. The Bertz CT molecular complexity index is 743. The topological polar surface area (TPSA) is 82.2 Å². The number of fused-ring (bicyclic) bond motifs is 1. The van der Waals surface area contributed by atoms with Crippen molar-refractivity contribution in [1.82, 2.24) is 4.98 Å². The second-order valence-electron chi connectivity index (χ2n) is 5.57. The molecule has 5 nitrogen and oxygen atoms in total. The number of hydrogen-bond donors (Lipinski definition) is 1. The predicted octanol–water partition coefficient (Wildman–Crippen LogP) is 1.61. The monoisotopic (exact) mass is 298 g/mol. The van der Waals surface area contributed by atoms with E-state index in [1.165, 1.54) is 0 Å². The van der Waals surface area contributed by atoms with Crippen molar-refractivity contribution in [2.24, 2.45) is 0 Å². The van der Waals surface area contributed by atoms with Gasteiger partial charge in [0.05, 0.1) is 18.8 Å². The minimum Gasteiger partial charge on any atom is -0.543 e. The molecular formula is C17H16NO4-. The molecule has 1 aromatic heterocycles. The molecule has 3 rings (SSSR count). The Hall–Kier alpha value is -2.56. The number of hydrogen-bond acceptors (Lipinski definition) is 4. The van der Waals surface area contributed by atoms with Crippen LogP contribution in [0.2, 0.25) is 0 Å². The quantitative estimate of drug-likeness (QED) is 0.933. The van der Waals surface area contributed by atoms with Crippen molar-refractivity contribution in [1.29, 1.82) is 0 Å². The minimum absolute atomic E-state index is 0.00808. The SMILES string of the molecule is COc1ccc([C@@H]2CC(=O)c3c([nH]c(C(=O)[O-])c3C)C2)cc1. The summed E-state index contributed by atoms with van der Waals surface area (Å²) in [6.07, 6.45) is 0.992. The van der Waals surface area contributed by atoms with E-state index < -0.39 is 5.97 Å². The number of carboxylic acid groups (broad SMARTS) is 1. The van der Waals surface area contributed by atoms with E-state index in [1.807, 2.05) is 24.3 Å². The molecule has 0 fully saturated rings. The Morgan fingerprint density at radius 1 is 1.27 bits per heavy atom. The van der Waals surface area contributed by atoms with Gasteiger partial charge in [0.2, 0.25) is 0 Å². The molecule has 0 unspecified atom stereocenters. The van der Waals surface area contributed by atoms with E-state index in [0.717, 1.165) is 11.3 Å². The molecule has 5 heteroatoms. The lowest BCUT2D eigenvalue weighted by molar-refractivity contribution is -0.255. The van der Waals surface area contributed by atoms with Crippen molar-refractivity contribution in [3.05, 3.63) is 52.3 Å². The summed E-state index contributed by atoms with van der Waals surface area (Å²) >= 11 is 0.